The van der Waals surface area contributed by atoms with E-state index in [2.05, 4.69) is 24.1 Å². The van der Waals surface area contributed by atoms with E-state index in [4.69, 9.17) is 0 Å². The Hall–Kier alpha value is -1.60. The molecule has 0 amide bonds. The summed E-state index contributed by atoms with van der Waals surface area (Å²) in [5.74, 6) is 0. The molecule has 0 aliphatic carbocycles. The molecule has 0 spiro atoms. The standard InChI is InChI=1S/C13H21N5O2.ClH/c1-8(2)14-6-9(3)18-7-15-11-10(18)12(19)17(5)13(20)16(11)4;/h7-9,14H,6H2,1-5H3;1H. The number of hydrogen-bond donors (Lipinski definition) is 1. The van der Waals surface area contributed by atoms with Crippen LogP contribution in [0.25, 0.3) is 11.2 Å². The highest BCUT2D eigenvalue weighted by Gasteiger charge is 2.17. The lowest BCUT2D eigenvalue weighted by atomic mass is 10.3. The molecule has 2 aromatic rings. The van der Waals surface area contributed by atoms with E-state index in [1.165, 1.54) is 11.6 Å². The van der Waals surface area contributed by atoms with Crippen molar-refractivity contribution in [3.63, 3.8) is 0 Å². The Bertz CT molecular complexity index is 743. The van der Waals surface area contributed by atoms with Gasteiger partial charge < -0.3 is 9.88 Å². The zero-order chi connectivity index (χ0) is 15.0. The number of aromatic nitrogens is 4. The molecule has 2 rings (SSSR count). The van der Waals surface area contributed by atoms with Crippen LogP contribution in [0.1, 0.15) is 26.8 Å². The number of hydrogen-bond acceptors (Lipinski definition) is 4. The van der Waals surface area contributed by atoms with Gasteiger partial charge >= 0.3 is 5.69 Å². The van der Waals surface area contributed by atoms with E-state index in [0.29, 0.717) is 17.2 Å². The Labute approximate surface area is 129 Å². The van der Waals surface area contributed by atoms with Crippen LogP contribution in [0, 0.1) is 0 Å². The molecule has 2 aromatic heterocycles. The highest BCUT2D eigenvalue weighted by Crippen LogP contribution is 2.12. The average Bonchev–Trinajstić information content (AvgIpc) is 2.85. The lowest BCUT2D eigenvalue weighted by Crippen LogP contribution is -2.38. The van der Waals surface area contributed by atoms with Crippen LogP contribution in [0.4, 0.5) is 0 Å². The molecule has 7 nitrogen and oxygen atoms in total. The van der Waals surface area contributed by atoms with Crippen LogP contribution < -0.4 is 16.6 Å². The average molecular weight is 316 g/mol. The van der Waals surface area contributed by atoms with E-state index in [9.17, 15) is 9.59 Å². The molecule has 0 saturated carbocycles. The lowest BCUT2D eigenvalue weighted by Gasteiger charge is -2.17. The SMILES string of the molecule is CC(C)NCC(C)n1cnc2c1c(=O)n(C)c(=O)n2C.Cl. The first-order valence-electron chi connectivity index (χ1n) is 6.70. The molecule has 8 heteroatoms. The smallest absolute Gasteiger partial charge is 0.321 e. The molecular weight excluding hydrogens is 294 g/mol. The Morgan fingerprint density at radius 2 is 1.81 bits per heavy atom. The maximum atomic E-state index is 12.3. The largest absolute Gasteiger partial charge is 0.332 e. The number of aryl methyl sites for hydroxylation is 1. The normalized spacial score (nSPS) is 12.7. The molecular formula is C13H22ClN5O2. The minimum absolute atomic E-state index is 0. The maximum absolute atomic E-state index is 12.3. The van der Waals surface area contributed by atoms with Gasteiger partial charge in [0.1, 0.15) is 0 Å². The highest BCUT2D eigenvalue weighted by molar-refractivity contribution is 5.85. The van der Waals surface area contributed by atoms with E-state index in [1.54, 1.807) is 13.4 Å². The minimum Gasteiger partial charge on any atom is -0.321 e. The molecule has 0 aliphatic heterocycles. The topological polar surface area (TPSA) is 73.8 Å². The van der Waals surface area contributed by atoms with E-state index in [1.807, 2.05) is 11.5 Å². The van der Waals surface area contributed by atoms with Crippen molar-refractivity contribution in [2.24, 2.45) is 14.1 Å². The quantitative estimate of drug-likeness (QED) is 0.887. The van der Waals surface area contributed by atoms with Crippen LogP contribution in [0.3, 0.4) is 0 Å². The molecule has 0 radical (unpaired) electrons. The molecule has 0 saturated heterocycles. The van der Waals surface area contributed by atoms with Crippen molar-refractivity contribution >= 4 is 23.6 Å². The molecule has 1 N–H and O–H groups in total. The van der Waals surface area contributed by atoms with Crippen LogP contribution in [0.2, 0.25) is 0 Å². The second kappa shape index (κ2) is 6.44. The van der Waals surface area contributed by atoms with Gasteiger partial charge in [-0.2, -0.15) is 0 Å². The maximum Gasteiger partial charge on any atom is 0.332 e. The van der Waals surface area contributed by atoms with Crippen molar-refractivity contribution in [3.05, 3.63) is 27.2 Å². The zero-order valence-electron chi connectivity index (χ0n) is 13.0. The Balaban J connectivity index is 0.00000220. The summed E-state index contributed by atoms with van der Waals surface area (Å²) in [6.45, 7) is 6.89. The summed E-state index contributed by atoms with van der Waals surface area (Å²) in [6.07, 6.45) is 1.62. The number of fused-ring (bicyclic) bond motifs is 1. The summed E-state index contributed by atoms with van der Waals surface area (Å²) in [5, 5.41) is 3.33. The van der Waals surface area contributed by atoms with Gasteiger partial charge in [0.05, 0.1) is 6.33 Å². The lowest BCUT2D eigenvalue weighted by molar-refractivity contribution is 0.470. The van der Waals surface area contributed by atoms with Gasteiger partial charge in [-0.05, 0) is 6.92 Å². The van der Waals surface area contributed by atoms with Crippen molar-refractivity contribution in [2.45, 2.75) is 32.9 Å². The van der Waals surface area contributed by atoms with Crippen molar-refractivity contribution in [3.8, 4) is 0 Å². The van der Waals surface area contributed by atoms with Crippen molar-refractivity contribution in [1.29, 1.82) is 0 Å². The molecule has 1 atom stereocenters. The first-order chi connectivity index (χ1) is 9.34. The first-order valence-corrected chi connectivity index (χ1v) is 6.70. The van der Waals surface area contributed by atoms with Gasteiger partial charge in [-0.25, -0.2) is 9.78 Å². The van der Waals surface area contributed by atoms with Crippen LogP contribution in [0.5, 0.6) is 0 Å². The van der Waals surface area contributed by atoms with E-state index >= 15 is 0 Å². The molecule has 2 heterocycles. The third-order valence-corrected chi connectivity index (χ3v) is 3.47. The van der Waals surface area contributed by atoms with Gasteiger partial charge in [-0.3, -0.25) is 13.9 Å². The number of halogens is 1. The fourth-order valence-corrected chi connectivity index (χ4v) is 2.20. The molecule has 0 bridgehead atoms. The second-order valence-electron chi connectivity index (χ2n) is 5.44. The Kier molecular flexibility index (Phi) is 5.36. The van der Waals surface area contributed by atoms with Gasteiger partial charge in [0.25, 0.3) is 5.56 Å². The highest BCUT2D eigenvalue weighted by atomic mass is 35.5. The Morgan fingerprint density at radius 1 is 1.19 bits per heavy atom. The second-order valence-corrected chi connectivity index (χ2v) is 5.44. The summed E-state index contributed by atoms with van der Waals surface area (Å²) < 4.78 is 4.34. The van der Waals surface area contributed by atoms with Gasteiger partial charge in [-0.1, -0.05) is 13.8 Å². The summed E-state index contributed by atoms with van der Waals surface area (Å²) in [5.41, 5.74) is 0.222. The van der Waals surface area contributed by atoms with E-state index in [-0.39, 0.29) is 29.7 Å². The van der Waals surface area contributed by atoms with Gasteiger partial charge in [-0.15, -0.1) is 12.4 Å². The Morgan fingerprint density at radius 3 is 2.38 bits per heavy atom. The van der Waals surface area contributed by atoms with Crippen molar-refractivity contribution in [2.75, 3.05) is 6.54 Å². The fourth-order valence-electron chi connectivity index (χ4n) is 2.20. The van der Waals surface area contributed by atoms with E-state index < -0.39 is 0 Å². The third-order valence-electron chi connectivity index (χ3n) is 3.47. The monoisotopic (exact) mass is 315 g/mol. The van der Waals surface area contributed by atoms with Crippen LogP contribution >= 0.6 is 12.4 Å². The summed E-state index contributed by atoms with van der Waals surface area (Å²) in [6, 6.07) is 0.451. The van der Waals surface area contributed by atoms with Crippen LogP contribution in [0.15, 0.2) is 15.9 Å². The third kappa shape index (κ3) is 3.03. The number of rotatable bonds is 4. The van der Waals surface area contributed by atoms with E-state index in [0.717, 1.165) is 11.1 Å². The minimum atomic E-state index is -0.360. The molecule has 118 valence electrons. The fraction of sp³-hybridized carbons (Fsp3) is 0.615. The van der Waals surface area contributed by atoms with Crippen molar-refractivity contribution in [1.82, 2.24) is 24.0 Å². The first kappa shape index (κ1) is 17.5. The van der Waals surface area contributed by atoms with Crippen LogP contribution in [-0.4, -0.2) is 31.3 Å². The number of imidazole rings is 1. The van der Waals surface area contributed by atoms with Crippen LogP contribution in [-0.2, 0) is 14.1 Å². The summed E-state index contributed by atoms with van der Waals surface area (Å²) in [4.78, 5) is 28.4. The van der Waals surface area contributed by atoms with Crippen molar-refractivity contribution < 1.29 is 0 Å². The predicted molar refractivity (Wildman–Crippen MR) is 85.3 cm³/mol. The van der Waals surface area contributed by atoms with Gasteiger partial charge in [0.2, 0.25) is 0 Å². The molecule has 0 fully saturated rings. The van der Waals surface area contributed by atoms with Gasteiger partial charge in [0, 0.05) is 32.7 Å². The molecule has 1 unspecified atom stereocenters. The molecule has 0 aliphatic rings. The molecule has 0 aromatic carbocycles. The zero-order valence-corrected chi connectivity index (χ0v) is 13.8. The summed E-state index contributed by atoms with van der Waals surface area (Å²) in [7, 11) is 3.11. The molecule has 21 heavy (non-hydrogen) atoms. The number of nitrogens with zero attached hydrogens (tertiary/aromatic N) is 4. The number of nitrogens with one attached hydrogen (secondary N) is 1. The predicted octanol–water partition coefficient (Wildman–Crippen LogP) is 0.414. The van der Waals surface area contributed by atoms with Gasteiger partial charge in [0.15, 0.2) is 11.2 Å². The summed E-state index contributed by atoms with van der Waals surface area (Å²) >= 11 is 0.